The molecule has 0 aliphatic carbocycles. The maximum Gasteiger partial charge on any atom is 0.292 e. The van der Waals surface area contributed by atoms with Crippen LogP contribution in [0.15, 0.2) is 10.3 Å². The first-order chi connectivity index (χ1) is 26.8. The maximum absolute atomic E-state index is 8.25. The van der Waals surface area contributed by atoms with Crippen molar-refractivity contribution < 1.29 is 0 Å². The second-order valence-electron chi connectivity index (χ2n) is 12.9. The van der Waals surface area contributed by atoms with Crippen molar-refractivity contribution in [1.29, 1.82) is 5.41 Å². The summed E-state index contributed by atoms with van der Waals surface area (Å²) in [5, 5.41) is 90.3. The number of nitrogens with two attached hydrogens (primary N) is 2. The van der Waals surface area contributed by atoms with Crippen LogP contribution in [-0.2, 0) is 0 Å². The molecule has 286 valence electrons. The molecule has 32 heteroatoms. The highest BCUT2D eigenvalue weighted by Gasteiger charge is 2.49. The largest absolute Gasteiger partial charge is 0.368 e. The molecule has 7 aromatic heterocycles. The summed E-state index contributed by atoms with van der Waals surface area (Å²) in [5.74, 6) is 0.370. The number of aromatic amines is 2. The third kappa shape index (κ3) is 6.19. The molecule has 7 aromatic rings. The standard InChI is InChI=1S/C24H30N32/c1-7-8(2)9(25)10-28-13(26)53(47-10)21-43-38-17(39-44-21)31-15-29-11(34-36-15)12-35-51-56(48-12)20-30-14(27)54(49-20)22-45-40-18(41-46-22)32-16-33-19(42-37-16)55-24(5,6)23(3,4)50-52-55/h8,25H,7H2,1-6H3,(H2,26,28,47)(H2,27,30,49)(H2,29,31,34,36,38,39)(H2,32,33,37,40,41,42). The number of hydrogen-bond donors (Lipinski definition) is 7. The van der Waals surface area contributed by atoms with Crippen molar-refractivity contribution in [1.82, 2.24) is 121 Å². The SMILES string of the molecule is CCC(C)C(=N)c1nc(N)n(-c2nnc(Nc3nc(-c4nnn(-c5nc(N)n(-c6nnc(Nc7nc(N8N=NC(C)(C)C8(C)C)n[nH]7)nn6)n5)n4)n[nH]3)nn2)n1. The highest BCUT2D eigenvalue weighted by Crippen LogP contribution is 2.39. The first-order valence-corrected chi connectivity index (χ1v) is 16.4. The fourth-order valence-corrected chi connectivity index (χ4v) is 4.63. The quantitative estimate of drug-likeness (QED) is 0.0710. The van der Waals surface area contributed by atoms with E-state index in [1.807, 2.05) is 41.5 Å². The van der Waals surface area contributed by atoms with Crippen molar-refractivity contribution >= 4 is 47.4 Å². The van der Waals surface area contributed by atoms with Gasteiger partial charge in [0.25, 0.3) is 35.7 Å². The summed E-state index contributed by atoms with van der Waals surface area (Å²) in [5.41, 5.74) is 11.3. The molecule has 0 amide bonds. The molecule has 0 saturated carbocycles. The molecule has 0 saturated heterocycles. The van der Waals surface area contributed by atoms with Crippen LogP contribution >= 0.6 is 0 Å². The lowest BCUT2D eigenvalue weighted by atomic mass is 9.83. The maximum atomic E-state index is 8.25. The zero-order chi connectivity index (χ0) is 39.4. The fraction of sp³-hybridized carbons (Fsp3) is 0.417. The van der Waals surface area contributed by atoms with Crippen molar-refractivity contribution in [2.75, 3.05) is 27.1 Å². The Bertz CT molecular complexity index is 2540. The number of rotatable bonds is 12. The molecule has 8 heterocycles. The predicted molar refractivity (Wildman–Crippen MR) is 187 cm³/mol. The normalized spacial score (nSPS) is 15.0. The van der Waals surface area contributed by atoms with Gasteiger partial charge >= 0.3 is 0 Å². The second kappa shape index (κ2) is 13.0. The summed E-state index contributed by atoms with van der Waals surface area (Å²) >= 11 is 0. The van der Waals surface area contributed by atoms with E-state index in [1.165, 1.54) is 0 Å². The van der Waals surface area contributed by atoms with E-state index in [0.717, 1.165) is 20.6 Å². The van der Waals surface area contributed by atoms with Gasteiger partial charge in [0.1, 0.15) is 5.54 Å². The Labute approximate surface area is 311 Å². The van der Waals surface area contributed by atoms with Crippen LogP contribution in [0.4, 0.5) is 41.6 Å². The number of tetrazole rings is 1. The van der Waals surface area contributed by atoms with Gasteiger partial charge in [-0.05, 0) is 39.3 Å². The van der Waals surface area contributed by atoms with Gasteiger partial charge in [-0.15, -0.1) is 71.4 Å². The summed E-state index contributed by atoms with van der Waals surface area (Å²) in [4.78, 5) is 17.9. The molecule has 1 unspecified atom stereocenters. The number of anilines is 7. The number of nitrogens with one attached hydrogen (secondary N) is 5. The lowest BCUT2D eigenvalue weighted by Crippen LogP contribution is -2.51. The Kier molecular flexibility index (Phi) is 8.10. The molecule has 56 heavy (non-hydrogen) atoms. The summed E-state index contributed by atoms with van der Waals surface area (Å²) < 4.78 is 2.21. The van der Waals surface area contributed by atoms with Crippen LogP contribution in [0.3, 0.4) is 0 Å². The summed E-state index contributed by atoms with van der Waals surface area (Å²) in [6.07, 6.45) is 0.741. The molecule has 9 N–H and O–H groups in total. The average Bonchev–Trinajstić information content (AvgIpc) is 4.04. The first-order valence-electron chi connectivity index (χ1n) is 16.4. The minimum atomic E-state index is -0.477. The number of aromatic nitrogens is 24. The van der Waals surface area contributed by atoms with E-state index < -0.39 is 11.1 Å². The van der Waals surface area contributed by atoms with Gasteiger partial charge in [0.05, 0.1) is 11.3 Å². The van der Waals surface area contributed by atoms with Gasteiger partial charge < -0.3 is 16.9 Å². The van der Waals surface area contributed by atoms with Crippen LogP contribution in [0.2, 0.25) is 0 Å². The molecule has 0 spiro atoms. The smallest absolute Gasteiger partial charge is 0.292 e. The van der Waals surface area contributed by atoms with Gasteiger partial charge in [-0.3, -0.25) is 10.6 Å². The van der Waals surface area contributed by atoms with Crippen LogP contribution in [-0.4, -0.2) is 138 Å². The van der Waals surface area contributed by atoms with Crippen molar-refractivity contribution in [3.8, 4) is 29.5 Å². The molecule has 1 aliphatic heterocycles. The van der Waals surface area contributed by atoms with Crippen LogP contribution in [0, 0.1) is 11.3 Å². The molecule has 1 atom stereocenters. The molecule has 0 bridgehead atoms. The third-order valence-corrected chi connectivity index (χ3v) is 8.73. The van der Waals surface area contributed by atoms with Gasteiger partial charge in [0.2, 0.25) is 35.4 Å². The lowest BCUT2D eigenvalue weighted by molar-refractivity contribution is 0.333. The van der Waals surface area contributed by atoms with Crippen LogP contribution in [0.25, 0.3) is 29.5 Å². The topological polar surface area (TPSA) is 419 Å². The molecule has 0 radical (unpaired) electrons. The van der Waals surface area contributed by atoms with Crippen molar-refractivity contribution in [2.24, 2.45) is 16.3 Å². The summed E-state index contributed by atoms with van der Waals surface area (Å²) in [6, 6.07) is 0. The van der Waals surface area contributed by atoms with Crippen molar-refractivity contribution in [3.05, 3.63) is 5.82 Å². The van der Waals surface area contributed by atoms with Crippen LogP contribution in [0.1, 0.15) is 53.8 Å². The number of nitrogen functional groups attached to an aromatic ring is 2. The average molecular weight is 767 g/mol. The number of hydrogen-bond acceptors (Lipinski definition) is 27. The van der Waals surface area contributed by atoms with E-state index in [4.69, 9.17) is 16.9 Å². The van der Waals surface area contributed by atoms with E-state index in [-0.39, 0.29) is 82.6 Å². The third-order valence-electron chi connectivity index (χ3n) is 8.73. The molecule has 8 rings (SSSR count). The van der Waals surface area contributed by atoms with Crippen LogP contribution < -0.4 is 27.1 Å². The minimum absolute atomic E-state index is 0.00261. The van der Waals surface area contributed by atoms with Gasteiger partial charge in [-0.1, -0.05) is 23.9 Å². The predicted octanol–water partition coefficient (Wildman–Crippen LogP) is -1.30. The first kappa shape index (κ1) is 34.8. The molecular weight excluding hydrogens is 736 g/mol. The Hall–Kier alpha value is -8.22. The Balaban J connectivity index is 0.903. The van der Waals surface area contributed by atoms with Gasteiger partial charge in [0, 0.05) is 5.92 Å². The highest BCUT2D eigenvalue weighted by molar-refractivity contribution is 5.96. The molecule has 32 nitrogen and oxygen atoms in total. The molecular formula is C24H30N32. The molecule has 1 aliphatic rings. The van der Waals surface area contributed by atoms with Crippen molar-refractivity contribution in [3.63, 3.8) is 0 Å². The lowest BCUT2D eigenvalue weighted by Gasteiger charge is -2.35. The number of nitrogens with zero attached hydrogens (tertiary/aromatic N) is 25. The van der Waals surface area contributed by atoms with Crippen molar-refractivity contribution in [2.45, 2.75) is 59.0 Å². The van der Waals surface area contributed by atoms with E-state index >= 15 is 0 Å². The van der Waals surface area contributed by atoms with E-state index in [0.29, 0.717) is 5.95 Å². The van der Waals surface area contributed by atoms with Gasteiger partial charge in [0.15, 0.2) is 5.82 Å². The van der Waals surface area contributed by atoms with E-state index in [2.05, 4.69) is 128 Å². The molecule has 0 aromatic carbocycles. The fourth-order valence-electron chi connectivity index (χ4n) is 4.63. The van der Waals surface area contributed by atoms with Crippen LogP contribution in [0.5, 0.6) is 0 Å². The van der Waals surface area contributed by atoms with Gasteiger partial charge in [-0.2, -0.15) is 34.4 Å². The Morgan fingerprint density at radius 2 is 1.32 bits per heavy atom. The minimum Gasteiger partial charge on any atom is -0.368 e. The van der Waals surface area contributed by atoms with Gasteiger partial charge in [-0.25, -0.2) is 15.2 Å². The summed E-state index contributed by atoms with van der Waals surface area (Å²) in [6.45, 7) is 11.8. The zero-order valence-electron chi connectivity index (χ0n) is 30.1. The zero-order valence-corrected chi connectivity index (χ0v) is 30.1. The summed E-state index contributed by atoms with van der Waals surface area (Å²) in [7, 11) is 0. The molecule has 0 fully saturated rings. The Morgan fingerprint density at radius 3 is 1.95 bits per heavy atom. The van der Waals surface area contributed by atoms with E-state index in [1.54, 1.807) is 5.01 Å². The monoisotopic (exact) mass is 766 g/mol. The second-order valence-corrected chi connectivity index (χ2v) is 12.9. The Morgan fingerprint density at radius 1 is 0.714 bits per heavy atom. The van der Waals surface area contributed by atoms with E-state index in [9.17, 15) is 0 Å². The highest BCUT2D eigenvalue weighted by atomic mass is 15.7. The number of H-pyrrole nitrogens is 2.